The molecule has 0 aliphatic heterocycles. The van der Waals surface area contributed by atoms with E-state index < -0.39 is 11.7 Å². The standard InChI is InChI=1S/C9H5F3N6S/c10-9(11,12)3-2-19-7-5(3)15-8(13)16-6(7)4-1-14-18-17-4/h1-2H,(H2,13,15,16)(H,14,17,18). The lowest BCUT2D eigenvalue weighted by atomic mass is 10.2. The Kier molecular flexibility index (Phi) is 2.42. The number of nitrogens with zero attached hydrogens (tertiary/aromatic N) is 4. The highest BCUT2D eigenvalue weighted by Gasteiger charge is 2.35. The van der Waals surface area contributed by atoms with Gasteiger partial charge in [-0.25, -0.2) is 9.97 Å². The summed E-state index contributed by atoms with van der Waals surface area (Å²) in [5.41, 5.74) is 4.96. The summed E-state index contributed by atoms with van der Waals surface area (Å²) < 4.78 is 38.8. The number of aromatic amines is 1. The Balaban J connectivity index is 2.34. The molecule has 0 spiro atoms. The maximum Gasteiger partial charge on any atom is 0.419 e. The summed E-state index contributed by atoms with van der Waals surface area (Å²) in [5.74, 6) is -0.241. The number of hydrogen-bond acceptors (Lipinski definition) is 6. The molecule has 0 unspecified atom stereocenters. The largest absolute Gasteiger partial charge is 0.419 e. The molecular weight excluding hydrogens is 281 g/mol. The number of H-pyrrole nitrogens is 1. The second-order valence-electron chi connectivity index (χ2n) is 3.61. The van der Waals surface area contributed by atoms with Crippen LogP contribution in [0, 0.1) is 0 Å². The molecule has 3 aromatic heterocycles. The molecule has 3 rings (SSSR count). The second-order valence-corrected chi connectivity index (χ2v) is 4.49. The molecule has 0 atom stereocenters. The number of alkyl halides is 3. The van der Waals surface area contributed by atoms with Crippen LogP contribution in [0.5, 0.6) is 0 Å². The number of thiophene rings is 1. The van der Waals surface area contributed by atoms with Crippen molar-refractivity contribution in [3.05, 3.63) is 17.1 Å². The zero-order valence-electron chi connectivity index (χ0n) is 9.06. The zero-order chi connectivity index (χ0) is 13.6. The zero-order valence-corrected chi connectivity index (χ0v) is 9.88. The fraction of sp³-hybridized carbons (Fsp3) is 0.111. The molecule has 0 aromatic carbocycles. The monoisotopic (exact) mass is 286 g/mol. The van der Waals surface area contributed by atoms with Gasteiger partial charge in [0.2, 0.25) is 5.95 Å². The molecule has 3 aromatic rings. The fourth-order valence-corrected chi connectivity index (χ4v) is 2.64. The van der Waals surface area contributed by atoms with Crippen LogP contribution >= 0.6 is 11.3 Å². The van der Waals surface area contributed by atoms with E-state index in [4.69, 9.17) is 5.73 Å². The van der Waals surface area contributed by atoms with Crippen molar-refractivity contribution in [2.45, 2.75) is 6.18 Å². The maximum atomic E-state index is 12.8. The minimum Gasteiger partial charge on any atom is -0.368 e. The summed E-state index contributed by atoms with van der Waals surface area (Å²) in [5, 5.41) is 10.7. The molecule has 98 valence electrons. The maximum absolute atomic E-state index is 12.8. The first-order chi connectivity index (χ1) is 8.97. The average molecular weight is 286 g/mol. The van der Waals surface area contributed by atoms with Crippen molar-refractivity contribution >= 4 is 27.5 Å². The van der Waals surface area contributed by atoms with Crippen LogP contribution in [-0.2, 0) is 6.18 Å². The number of hydrogen-bond donors (Lipinski definition) is 2. The Hall–Kier alpha value is -2.23. The van der Waals surface area contributed by atoms with Crippen molar-refractivity contribution < 1.29 is 13.2 Å². The summed E-state index contributed by atoms with van der Waals surface area (Å²) in [4.78, 5) is 7.60. The molecule has 19 heavy (non-hydrogen) atoms. The minimum absolute atomic E-state index is 0.219. The molecule has 0 saturated heterocycles. The number of aromatic nitrogens is 5. The molecule has 0 aliphatic carbocycles. The van der Waals surface area contributed by atoms with Gasteiger partial charge in [0.15, 0.2) is 0 Å². The second kappa shape index (κ2) is 3.88. The van der Waals surface area contributed by atoms with Crippen LogP contribution in [-0.4, -0.2) is 25.4 Å². The molecule has 0 aliphatic rings. The fourth-order valence-electron chi connectivity index (χ4n) is 1.63. The number of fused-ring (bicyclic) bond motifs is 1. The highest BCUT2D eigenvalue weighted by molar-refractivity contribution is 7.17. The van der Waals surface area contributed by atoms with Crippen molar-refractivity contribution in [1.82, 2.24) is 25.4 Å². The number of rotatable bonds is 1. The van der Waals surface area contributed by atoms with Crippen molar-refractivity contribution in [2.24, 2.45) is 0 Å². The lowest BCUT2D eigenvalue weighted by molar-refractivity contribution is -0.136. The lowest BCUT2D eigenvalue weighted by Gasteiger charge is -2.05. The predicted molar refractivity (Wildman–Crippen MR) is 62.2 cm³/mol. The molecule has 0 bridgehead atoms. The van der Waals surface area contributed by atoms with Crippen LogP contribution in [0.25, 0.3) is 21.6 Å². The van der Waals surface area contributed by atoms with Gasteiger partial charge in [-0.1, -0.05) is 0 Å². The first-order valence-corrected chi connectivity index (χ1v) is 5.83. The van der Waals surface area contributed by atoms with Gasteiger partial charge in [-0.2, -0.15) is 28.6 Å². The molecule has 10 heteroatoms. The van der Waals surface area contributed by atoms with Gasteiger partial charge in [-0.05, 0) is 0 Å². The van der Waals surface area contributed by atoms with E-state index in [0.717, 1.165) is 16.7 Å². The Morgan fingerprint density at radius 3 is 2.68 bits per heavy atom. The van der Waals surface area contributed by atoms with Gasteiger partial charge in [-0.3, -0.25) is 0 Å². The first kappa shape index (κ1) is 11.8. The van der Waals surface area contributed by atoms with Gasteiger partial charge < -0.3 is 5.73 Å². The first-order valence-electron chi connectivity index (χ1n) is 4.95. The molecule has 0 radical (unpaired) electrons. The Morgan fingerprint density at radius 1 is 1.26 bits per heavy atom. The Bertz CT molecular complexity index is 732. The third-order valence-electron chi connectivity index (χ3n) is 2.40. The average Bonchev–Trinajstić information content (AvgIpc) is 2.95. The van der Waals surface area contributed by atoms with Crippen molar-refractivity contribution in [3.63, 3.8) is 0 Å². The van der Waals surface area contributed by atoms with Gasteiger partial charge in [0.05, 0.1) is 22.0 Å². The van der Waals surface area contributed by atoms with E-state index >= 15 is 0 Å². The van der Waals surface area contributed by atoms with E-state index in [0.29, 0.717) is 5.69 Å². The van der Waals surface area contributed by atoms with Crippen LogP contribution in [0.3, 0.4) is 0 Å². The van der Waals surface area contributed by atoms with E-state index in [-0.39, 0.29) is 21.9 Å². The summed E-state index contributed by atoms with van der Waals surface area (Å²) in [7, 11) is 0. The topological polar surface area (TPSA) is 93.4 Å². The third-order valence-corrected chi connectivity index (χ3v) is 3.37. The normalized spacial score (nSPS) is 12.2. The van der Waals surface area contributed by atoms with Gasteiger partial charge in [0.1, 0.15) is 11.4 Å². The van der Waals surface area contributed by atoms with Crippen LogP contribution in [0.1, 0.15) is 5.56 Å². The smallest absolute Gasteiger partial charge is 0.368 e. The highest BCUT2D eigenvalue weighted by Crippen LogP contribution is 2.40. The van der Waals surface area contributed by atoms with Crippen molar-refractivity contribution in [2.75, 3.05) is 5.73 Å². The molecule has 0 saturated carbocycles. The number of nitrogen functional groups attached to an aromatic ring is 1. The molecule has 0 fully saturated rings. The van der Waals surface area contributed by atoms with E-state index in [1.165, 1.54) is 6.20 Å². The highest BCUT2D eigenvalue weighted by atomic mass is 32.1. The van der Waals surface area contributed by atoms with Gasteiger partial charge >= 0.3 is 6.18 Å². The molecule has 3 heterocycles. The molecule has 6 nitrogen and oxygen atoms in total. The molecule has 3 N–H and O–H groups in total. The van der Waals surface area contributed by atoms with E-state index in [9.17, 15) is 13.2 Å². The number of anilines is 1. The summed E-state index contributed by atoms with van der Waals surface area (Å²) in [6.07, 6.45) is -3.13. The van der Waals surface area contributed by atoms with E-state index in [2.05, 4.69) is 25.4 Å². The Morgan fingerprint density at radius 2 is 2.05 bits per heavy atom. The predicted octanol–water partition coefficient (Wildman–Crippen LogP) is 2.08. The quantitative estimate of drug-likeness (QED) is 0.714. The number of halogens is 3. The van der Waals surface area contributed by atoms with Gasteiger partial charge in [0, 0.05) is 5.38 Å². The SMILES string of the molecule is Nc1nc(-c2cn[nH]n2)c2scc(C(F)(F)F)c2n1. The minimum atomic E-state index is -4.49. The van der Waals surface area contributed by atoms with Crippen LogP contribution in [0.15, 0.2) is 11.6 Å². The number of nitrogens with two attached hydrogens (primary N) is 1. The number of nitrogens with one attached hydrogen (secondary N) is 1. The van der Waals surface area contributed by atoms with Crippen molar-refractivity contribution in [1.29, 1.82) is 0 Å². The van der Waals surface area contributed by atoms with Crippen molar-refractivity contribution in [3.8, 4) is 11.4 Å². The van der Waals surface area contributed by atoms with Gasteiger partial charge in [0.25, 0.3) is 0 Å². The van der Waals surface area contributed by atoms with Crippen LogP contribution in [0.4, 0.5) is 19.1 Å². The lowest BCUT2D eigenvalue weighted by Crippen LogP contribution is -2.05. The molecule has 0 amide bonds. The summed E-state index contributed by atoms with van der Waals surface area (Å²) in [6.45, 7) is 0. The summed E-state index contributed by atoms with van der Waals surface area (Å²) >= 11 is 0.892. The van der Waals surface area contributed by atoms with Crippen LogP contribution in [0.2, 0.25) is 0 Å². The molecular formula is C9H5F3N6S. The Labute approximate surface area is 107 Å². The van der Waals surface area contributed by atoms with Gasteiger partial charge in [-0.15, -0.1) is 11.3 Å². The van der Waals surface area contributed by atoms with E-state index in [1.807, 2.05) is 0 Å². The van der Waals surface area contributed by atoms with Crippen LogP contribution < -0.4 is 5.73 Å². The van der Waals surface area contributed by atoms with E-state index in [1.54, 1.807) is 0 Å². The summed E-state index contributed by atoms with van der Waals surface area (Å²) in [6, 6.07) is 0. The third kappa shape index (κ3) is 1.89.